The quantitative estimate of drug-likeness (QED) is 0.706. The molecule has 7 heteroatoms. The second-order valence-corrected chi connectivity index (χ2v) is 4.65. The van der Waals surface area contributed by atoms with Crippen LogP contribution in [0.4, 0.5) is 4.79 Å². The third-order valence-corrected chi connectivity index (χ3v) is 2.85. The Balaban J connectivity index is 2.34. The maximum Gasteiger partial charge on any atom is 0.328 e. The first-order valence-corrected chi connectivity index (χ1v) is 6.45. The minimum atomic E-state index is -1.25. The molecule has 0 spiro atoms. The predicted molar refractivity (Wildman–Crippen MR) is 70.9 cm³/mol. The van der Waals surface area contributed by atoms with Gasteiger partial charge in [-0.15, -0.1) is 0 Å². The van der Waals surface area contributed by atoms with Crippen LogP contribution in [-0.2, 0) is 16.0 Å². The van der Waals surface area contributed by atoms with Crippen molar-refractivity contribution in [1.82, 2.24) is 10.6 Å². The van der Waals surface area contributed by atoms with Crippen LogP contribution >= 0.6 is 11.3 Å². The summed E-state index contributed by atoms with van der Waals surface area (Å²) in [7, 11) is 0. The molecule has 0 aliphatic rings. The summed E-state index contributed by atoms with van der Waals surface area (Å²) >= 11 is 1.57. The van der Waals surface area contributed by atoms with Crippen molar-refractivity contribution in [2.24, 2.45) is 0 Å². The van der Waals surface area contributed by atoms with Gasteiger partial charge < -0.3 is 10.4 Å². The predicted octanol–water partition coefficient (Wildman–Crippen LogP) is 1.15. The number of amides is 3. The average Bonchev–Trinajstić information content (AvgIpc) is 2.78. The fourth-order valence-electron chi connectivity index (χ4n) is 1.37. The zero-order valence-electron chi connectivity index (χ0n) is 10.3. The highest BCUT2D eigenvalue weighted by molar-refractivity contribution is 7.07. The number of rotatable bonds is 5. The van der Waals surface area contributed by atoms with Crippen LogP contribution < -0.4 is 10.6 Å². The van der Waals surface area contributed by atoms with Gasteiger partial charge in [0.25, 0.3) is 5.91 Å². The Morgan fingerprint density at radius 3 is 2.74 bits per heavy atom. The summed E-state index contributed by atoms with van der Waals surface area (Å²) in [6.07, 6.45) is 2.11. The molecular weight excluding hydrogens is 268 g/mol. The molecule has 3 amide bonds. The molecule has 0 aliphatic heterocycles. The van der Waals surface area contributed by atoms with Gasteiger partial charge >= 0.3 is 12.0 Å². The molecule has 0 saturated carbocycles. The Labute approximate surface area is 114 Å². The number of hydrogen-bond acceptors (Lipinski definition) is 4. The molecule has 0 radical (unpaired) electrons. The van der Waals surface area contributed by atoms with E-state index in [0.29, 0.717) is 12.5 Å². The van der Waals surface area contributed by atoms with Gasteiger partial charge in [-0.05, 0) is 35.7 Å². The van der Waals surface area contributed by atoms with E-state index in [4.69, 9.17) is 5.11 Å². The number of aliphatic carboxylic acids is 1. The molecule has 1 atom stereocenters. The van der Waals surface area contributed by atoms with Crippen molar-refractivity contribution in [2.75, 3.05) is 0 Å². The zero-order chi connectivity index (χ0) is 14.3. The van der Waals surface area contributed by atoms with Crippen LogP contribution in [0, 0.1) is 0 Å². The summed E-state index contributed by atoms with van der Waals surface area (Å²) < 4.78 is 0. The Kier molecular flexibility index (Phi) is 5.74. The van der Waals surface area contributed by atoms with E-state index >= 15 is 0 Å². The summed E-state index contributed by atoms with van der Waals surface area (Å²) in [5, 5.41) is 16.8. The first kappa shape index (κ1) is 14.9. The van der Waals surface area contributed by atoms with E-state index < -0.39 is 17.9 Å². The van der Waals surface area contributed by atoms with Crippen LogP contribution in [0.2, 0.25) is 0 Å². The van der Waals surface area contributed by atoms with Gasteiger partial charge in [-0.2, -0.15) is 11.3 Å². The molecule has 0 fully saturated rings. The molecule has 19 heavy (non-hydrogen) atoms. The normalized spacial score (nSPS) is 12.1. The summed E-state index contributed by atoms with van der Waals surface area (Å²) in [5.41, 5.74) is 1.11. The van der Waals surface area contributed by atoms with Crippen LogP contribution in [0.1, 0.15) is 12.5 Å². The molecule has 3 N–H and O–H groups in total. The fourth-order valence-corrected chi connectivity index (χ4v) is 2.06. The molecular formula is C12H14N2O4S. The average molecular weight is 282 g/mol. The van der Waals surface area contributed by atoms with Crippen LogP contribution in [-0.4, -0.2) is 29.1 Å². The highest BCUT2D eigenvalue weighted by Crippen LogP contribution is 2.08. The van der Waals surface area contributed by atoms with Crippen LogP contribution in [0.25, 0.3) is 0 Å². The summed E-state index contributed by atoms with van der Waals surface area (Å²) in [6.45, 7) is 1.81. The van der Waals surface area contributed by atoms with Crippen LogP contribution in [0.15, 0.2) is 29.0 Å². The van der Waals surface area contributed by atoms with Gasteiger partial charge in [-0.25, -0.2) is 9.59 Å². The molecule has 0 aromatic carbocycles. The molecule has 0 aliphatic carbocycles. The van der Waals surface area contributed by atoms with E-state index in [0.717, 1.165) is 11.6 Å². The summed E-state index contributed by atoms with van der Waals surface area (Å²) in [5.74, 6) is -2.02. The number of urea groups is 1. The Hall–Kier alpha value is -2.15. The van der Waals surface area contributed by atoms with Crippen molar-refractivity contribution in [3.63, 3.8) is 0 Å². The lowest BCUT2D eigenvalue weighted by atomic mass is 10.1. The molecule has 0 saturated heterocycles. The first-order valence-electron chi connectivity index (χ1n) is 5.51. The van der Waals surface area contributed by atoms with Crippen LogP contribution in [0.5, 0.6) is 0 Å². The van der Waals surface area contributed by atoms with Gasteiger partial charge in [-0.3, -0.25) is 10.1 Å². The third kappa shape index (κ3) is 6.37. The maximum absolute atomic E-state index is 11.4. The monoisotopic (exact) mass is 282 g/mol. The Morgan fingerprint density at radius 1 is 1.42 bits per heavy atom. The van der Waals surface area contributed by atoms with Crippen molar-refractivity contribution >= 4 is 29.2 Å². The number of carboxylic acids is 1. The van der Waals surface area contributed by atoms with Gasteiger partial charge in [0, 0.05) is 18.2 Å². The Bertz CT molecular complexity index is 482. The minimum absolute atomic E-state index is 0.133. The first-order chi connectivity index (χ1) is 8.97. The molecule has 0 bridgehead atoms. The lowest BCUT2D eigenvalue weighted by Crippen LogP contribution is -2.43. The van der Waals surface area contributed by atoms with Crippen molar-refractivity contribution in [2.45, 2.75) is 19.4 Å². The number of carbonyl (C=O) groups is 3. The number of carboxylic acid groups (broad SMARTS) is 1. The number of thiophene rings is 1. The highest BCUT2D eigenvalue weighted by Gasteiger charge is 2.10. The van der Waals surface area contributed by atoms with E-state index in [9.17, 15) is 14.4 Å². The molecule has 1 aromatic rings. The summed E-state index contributed by atoms with van der Waals surface area (Å²) in [6, 6.07) is 1.18. The van der Waals surface area contributed by atoms with Gasteiger partial charge in [0.1, 0.15) is 0 Å². The van der Waals surface area contributed by atoms with E-state index in [1.54, 1.807) is 11.3 Å². The van der Waals surface area contributed by atoms with E-state index in [1.165, 1.54) is 0 Å². The molecule has 6 nitrogen and oxygen atoms in total. The third-order valence-electron chi connectivity index (χ3n) is 2.11. The van der Waals surface area contributed by atoms with E-state index in [-0.39, 0.29) is 6.04 Å². The molecule has 1 rings (SSSR count). The van der Waals surface area contributed by atoms with Crippen molar-refractivity contribution < 1.29 is 19.5 Å². The number of imide groups is 1. The molecule has 1 unspecified atom stereocenters. The van der Waals surface area contributed by atoms with Crippen LogP contribution in [0.3, 0.4) is 0 Å². The molecule has 1 aromatic heterocycles. The topological polar surface area (TPSA) is 95.5 Å². The summed E-state index contributed by atoms with van der Waals surface area (Å²) in [4.78, 5) is 32.7. The van der Waals surface area contributed by atoms with Gasteiger partial charge in [0.2, 0.25) is 0 Å². The lowest BCUT2D eigenvalue weighted by molar-refractivity contribution is -0.131. The molecule has 1 heterocycles. The van der Waals surface area contributed by atoms with E-state index in [1.807, 2.05) is 29.1 Å². The smallest absolute Gasteiger partial charge is 0.328 e. The SMILES string of the molecule is CC(Cc1ccsc1)NC(=O)NC(=O)C=CC(=O)O. The Morgan fingerprint density at radius 2 is 2.16 bits per heavy atom. The second kappa shape index (κ2) is 7.32. The van der Waals surface area contributed by atoms with E-state index in [2.05, 4.69) is 5.32 Å². The highest BCUT2D eigenvalue weighted by atomic mass is 32.1. The fraction of sp³-hybridized carbons (Fsp3) is 0.250. The van der Waals surface area contributed by atoms with Crippen molar-refractivity contribution in [3.05, 3.63) is 34.5 Å². The standard InChI is InChI=1S/C12H14N2O4S/c1-8(6-9-4-5-19-7-9)13-12(18)14-10(15)2-3-11(16)17/h2-5,7-8H,6H2,1H3,(H,16,17)(H2,13,14,15,18). The van der Waals surface area contributed by atoms with Gasteiger partial charge in [0.05, 0.1) is 0 Å². The van der Waals surface area contributed by atoms with Crippen molar-refractivity contribution in [1.29, 1.82) is 0 Å². The van der Waals surface area contributed by atoms with Gasteiger partial charge in [-0.1, -0.05) is 0 Å². The van der Waals surface area contributed by atoms with Gasteiger partial charge in [0.15, 0.2) is 0 Å². The number of carbonyl (C=O) groups excluding carboxylic acids is 2. The zero-order valence-corrected chi connectivity index (χ0v) is 11.1. The minimum Gasteiger partial charge on any atom is -0.478 e. The van der Waals surface area contributed by atoms with Crippen molar-refractivity contribution in [3.8, 4) is 0 Å². The maximum atomic E-state index is 11.4. The number of hydrogen-bond donors (Lipinski definition) is 3. The second-order valence-electron chi connectivity index (χ2n) is 3.87. The molecule has 102 valence electrons. The largest absolute Gasteiger partial charge is 0.478 e. The number of nitrogens with one attached hydrogen (secondary N) is 2. The lowest BCUT2D eigenvalue weighted by Gasteiger charge is -2.12.